The fourth-order valence-corrected chi connectivity index (χ4v) is 4.66. The van der Waals surface area contributed by atoms with Gasteiger partial charge in [0.15, 0.2) is 0 Å². The van der Waals surface area contributed by atoms with E-state index in [4.69, 9.17) is 5.26 Å². The molecule has 3 N–H and O–H groups in total. The predicted molar refractivity (Wildman–Crippen MR) is 132 cm³/mol. The third-order valence-electron chi connectivity index (χ3n) is 6.54. The van der Waals surface area contributed by atoms with Crippen molar-refractivity contribution in [2.24, 2.45) is 5.92 Å². The number of nitriles is 1. The zero-order valence-corrected chi connectivity index (χ0v) is 20.2. The van der Waals surface area contributed by atoms with Crippen molar-refractivity contribution in [1.82, 2.24) is 19.9 Å². The van der Waals surface area contributed by atoms with E-state index in [0.717, 1.165) is 31.1 Å². The molecule has 3 aromatic heterocycles. The first kappa shape index (κ1) is 23.7. The summed E-state index contributed by atoms with van der Waals surface area (Å²) in [5, 5.41) is 26.8. The summed E-state index contributed by atoms with van der Waals surface area (Å²) in [5.74, 6) is 0.745. The smallest absolute Gasteiger partial charge is 0.255 e. The van der Waals surface area contributed by atoms with Crippen LogP contribution in [0.25, 0.3) is 16.9 Å². The summed E-state index contributed by atoms with van der Waals surface area (Å²) in [6, 6.07) is 7.87. The van der Waals surface area contributed by atoms with Crippen LogP contribution in [0.5, 0.6) is 0 Å². The van der Waals surface area contributed by atoms with Gasteiger partial charge in [-0.15, -0.1) is 0 Å². The van der Waals surface area contributed by atoms with E-state index in [2.05, 4.69) is 26.7 Å². The number of rotatable bonds is 6. The molecular formula is C26H32N6O2. The SMILES string of the molecule is CC(C)Nc1cc(-n2ccc3cc(C#N)cnc32)ncc1C(=O)N[C@H]1CC[C@H](C(C)(C)O)CC1. The van der Waals surface area contributed by atoms with Crippen molar-refractivity contribution >= 4 is 22.6 Å². The second-order valence-corrected chi connectivity index (χ2v) is 10.00. The molecule has 8 heteroatoms. The van der Waals surface area contributed by atoms with Crippen molar-refractivity contribution in [2.45, 2.75) is 71.1 Å². The van der Waals surface area contributed by atoms with Crippen LogP contribution < -0.4 is 10.6 Å². The lowest BCUT2D eigenvalue weighted by Crippen LogP contribution is -2.42. The number of carbonyl (C=O) groups excluding carboxylic acids is 1. The van der Waals surface area contributed by atoms with Gasteiger partial charge in [-0.2, -0.15) is 5.26 Å². The van der Waals surface area contributed by atoms with Gasteiger partial charge in [-0.3, -0.25) is 9.36 Å². The van der Waals surface area contributed by atoms with Gasteiger partial charge in [0.2, 0.25) is 0 Å². The van der Waals surface area contributed by atoms with Crippen LogP contribution in [0.2, 0.25) is 0 Å². The number of fused-ring (bicyclic) bond motifs is 1. The molecule has 0 bridgehead atoms. The zero-order chi connectivity index (χ0) is 24.5. The molecule has 0 spiro atoms. The molecule has 1 amide bonds. The summed E-state index contributed by atoms with van der Waals surface area (Å²) in [6.07, 6.45) is 8.50. The van der Waals surface area contributed by atoms with Crippen LogP contribution in [-0.4, -0.2) is 43.2 Å². The van der Waals surface area contributed by atoms with E-state index >= 15 is 0 Å². The first-order valence-corrected chi connectivity index (χ1v) is 11.8. The average molecular weight is 461 g/mol. The predicted octanol–water partition coefficient (Wildman–Crippen LogP) is 4.17. The Balaban J connectivity index is 1.57. The molecule has 0 aliphatic heterocycles. The Morgan fingerprint density at radius 3 is 2.59 bits per heavy atom. The number of hydrogen-bond donors (Lipinski definition) is 3. The lowest BCUT2D eigenvalue weighted by molar-refractivity contribution is -0.00257. The Morgan fingerprint density at radius 1 is 1.21 bits per heavy atom. The van der Waals surface area contributed by atoms with Gasteiger partial charge < -0.3 is 15.7 Å². The maximum atomic E-state index is 13.2. The highest BCUT2D eigenvalue weighted by molar-refractivity contribution is 5.99. The standard InChI is InChI=1S/C26H32N6O2/c1-16(2)30-22-12-23(32-10-9-18-11-17(13-27)14-29-24(18)32)28-15-21(22)25(33)31-20-7-5-19(6-8-20)26(3,4)34/h9-12,14-16,19-20,34H,5-8H2,1-4H3,(H,28,30)(H,31,33)/t19-,20-. The van der Waals surface area contributed by atoms with Gasteiger partial charge in [0.25, 0.3) is 5.91 Å². The molecule has 178 valence electrons. The number of pyridine rings is 2. The molecule has 8 nitrogen and oxygen atoms in total. The van der Waals surface area contributed by atoms with E-state index in [1.807, 2.05) is 50.6 Å². The summed E-state index contributed by atoms with van der Waals surface area (Å²) < 4.78 is 1.85. The van der Waals surface area contributed by atoms with Crippen LogP contribution in [0.1, 0.15) is 69.3 Å². The highest BCUT2D eigenvalue weighted by atomic mass is 16.3. The minimum atomic E-state index is -0.684. The van der Waals surface area contributed by atoms with Crippen LogP contribution in [0.4, 0.5) is 5.69 Å². The summed E-state index contributed by atoms with van der Waals surface area (Å²) >= 11 is 0. The van der Waals surface area contributed by atoms with Crippen LogP contribution in [-0.2, 0) is 0 Å². The maximum absolute atomic E-state index is 13.2. The molecule has 34 heavy (non-hydrogen) atoms. The van der Waals surface area contributed by atoms with E-state index in [9.17, 15) is 9.90 Å². The average Bonchev–Trinajstić information content (AvgIpc) is 3.21. The summed E-state index contributed by atoms with van der Waals surface area (Å²) in [5.41, 5.74) is 1.72. The Hall–Kier alpha value is -3.44. The summed E-state index contributed by atoms with van der Waals surface area (Å²) in [7, 11) is 0. The van der Waals surface area contributed by atoms with E-state index < -0.39 is 5.60 Å². The third-order valence-corrected chi connectivity index (χ3v) is 6.54. The minimum Gasteiger partial charge on any atom is -0.390 e. The van der Waals surface area contributed by atoms with E-state index in [1.165, 1.54) is 0 Å². The van der Waals surface area contributed by atoms with Gasteiger partial charge in [0.05, 0.1) is 22.4 Å². The molecule has 0 saturated heterocycles. The normalized spacial score (nSPS) is 18.6. The van der Waals surface area contributed by atoms with Crippen molar-refractivity contribution in [3.63, 3.8) is 0 Å². The molecule has 3 aromatic rings. The van der Waals surface area contributed by atoms with Crippen molar-refractivity contribution < 1.29 is 9.90 Å². The Labute approximate surface area is 200 Å². The number of nitrogens with zero attached hydrogens (tertiary/aromatic N) is 4. The quantitative estimate of drug-likeness (QED) is 0.508. The number of aromatic nitrogens is 3. The first-order valence-electron chi connectivity index (χ1n) is 11.8. The van der Waals surface area contributed by atoms with Gasteiger partial charge in [-0.25, -0.2) is 9.97 Å². The molecular weight excluding hydrogens is 428 g/mol. The third kappa shape index (κ3) is 5.05. The van der Waals surface area contributed by atoms with Gasteiger partial charge in [-0.05, 0) is 71.4 Å². The second-order valence-electron chi connectivity index (χ2n) is 10.00. The van der Waals surface area contributed by atoms with Crippen molar-refractivity contribution in [3.05, 3.63) is 47.9 Å². The van der Waals surface area contributed by atoms with Crippen molar-refractivity contribution in [3.8, 4) is 11.9 Å². The molecule has 4 rings (SSSR count). The molecule has 1 aliphatic rings. The minimum absolute atomic E-state index is 0.0876. The number of aliphatic hydroxyl groups is 1. The van der Waals surface area contributed by atoms with Gasteiger partial charge in [-0.1, -0.05) is 0 Å². The van der Waals surface area contributed by atoms with Crippen LogP contribution >= 0.6 is 0 Å². The van der Waals surface area contributed by atoms with Gasteiger partial charge in [0.1, 0.15) is 17.5 Å². The maximum Gasteiger partial charge on any atom is 0.255 e. The van der Waals surface area contributed by atoms with Crippen LogP contribution in [0.15, 0.2) is 36.8 Å². The lowest BCUT2D eigenvalue weighted by Gasteiger charge is -2.36. The first-order chi connectivity index (χ1) is 16.2. The number of nitrogens with one attached hydrogen (secondary N) is 2. The molecule has 0 aromatic carbocycles. The summed E-state index contributed by atoms with van der Waals surface area (Å²) in [4.78, 5) is 22.2. The number of hydrogen-bond acceptors (Lipinski definition) is 6. The second kappa shape index (κ2) is 9.43. The molecule has 0 radical (unpaired) electrons. The molecule has 0 unspecified atom stereocenters. The van der Waals surface area contributed by atoms with Crippen LogP contribution in [0, 0.1) is 17.2 Å². The Morgan fingerprint density at radius 2 is 1.94 bits per heavy atom. The molecule has 0 atom stereocenters. The van der Waals surface area contributed by atoms with E-state index in [-0.39, 0.29) is 23.9 Å². The number of carbonyl (C=O) groups is 1. The van der Waals surface area contributed by atoms with E-state index in [1.54, 1.807) is 18.5 Å². The van der Waals surface area contributed by atoms with Crippen molar-refractivity contribution in [1.29, 1.82) is 5.26 Å². The van der Waals surface area contributed by atoms with Crippen molar-refractivity contribution in [2.75, 3.05) is 5.32 Å². The fraction of sp³-hybridized carbons (Fsp3) is 0.462. The topological polar surface area (TPSA) is 116 Å². The monoisotopic (exact) mass is 460 g/mol. The molecule has 3 heterocycles. The fourth-order valence-electron chi connectivity index (χ4n) is 4.66. The Bertz CT molecular complexity index is 1230. The molecule has 1 fully saturated rings. The van der Waals surface area contributed by atoms with Crippen LogP contribution in [0.3, 0.4) is 0 Å². The largest absolute Gasteiger partial charge is 0.390 e. The van der Waals surface area contributed by atoms with Gasteiger partial charge >= 0.3 is 0 Å². The molecule has 1 aliphatic carbocycles. The number of amides is 1. The molecule has 1 saturated carbocycles. The lowest BCUT2D eigenvalue weighted by atomic mass is 9.77. The highest BCUT2D eigenvalue weighted by Gasteiger charge is 2.32. The summed E-state index contributed by atoms with van der Waals surface area (Å²) in [6.45, 7) is 7.77. The number of anilines is 1. The van der Waals surface area contributed by atoms with Gasteiger partial charge in [0, 0.05) is 42.1 Å². The Kier molecular flexibility index (Phi) is 6.58. The zero-order valence-electron chi connectivity index (χ0n) is 20.2. The van der Waals surface area contributed by atoms with E-state index in [0.29, 0.717) is 28.3 Å². The highest BCUT2D eigenvalue weighted by Crippen LogP contribution is 2.33.